The molecule has 2 nitrogen and oxygen atoms in total. The molecular weight excluding hydrogens is 270 g/mol. The smallest absolute Gasteiger partial charge is 0.218 e. The first-order valence-corrected chi connectivity index (χ1v) is 8.02. The van der Waals surface area contributed by atoms with Gasteiger partial charge in [-0.15, -0.1) is 0 Å². The number of ether oxygens (including phenoxy) is 1. The molecule has 1 aromatic rings. The molecule has 0 N–H and O–H groups in total. The van der Waals surface area contributed by atoms with E-state index in [1.54, 1.807) is 0 Å². The number of rotatable bonds is 4. The normalized spacial score (nSPS) is 27.0. The number of nitrogens with zero attached hydrogens (tertiary/aromatic N) is 1. The molecule has 2 aliphatic rings. The molecule has 0 saturated heterocycles. The van der Waals surface area contributed by atoms with Crippen LogP contribution in [0.5, 0.6) is 5.75 Å². The highest BCUT2D eigenvalue weighted by atomic mass is 16.5. The van der Waals surface area contributed by atoms with E-state index in [4.69, 9.17) is 4.74 Å². The van der Waals surface area contributed by atoms with Crippen molar-refractivity contribution in [3.63, 3.8) is 0 Å². The lowest BCUT2D eigenvalue weighted by molar-refractivity contribution is 0.492. The highest BCUT2D eigenvalue weighted by Crippen LogP contribution is 2.47. The second-order valence-corrected chi connectivity index (χ2v) is 6.17. The maximum absolute atomic E-state index is 6.08. The van der Waals surface area contributed by atoms with Crippen LogP contribution in [-0.4, -0.2) is 5.90 Å². The van der Waals surface area contributed by atoms with Crippen LogP contribution < -0.4 is 4.74 Å². The summed E-state index contributed by atoms with van der Waals surface area (Å²) in [7, 11) is 0. The molecule has 2 heteroatoms. The molecule has 3 rings (SSSR count). The Balaban J connectivity index is 2.05. The Morgan fingerprint density at radius 2 is 2.27 bits per heavy atom. The third-order valence-corrected chi connectivity index (χ3v) is 4.49. The van der Waals surface area contributed by atoms with Crippen molar-refractivity contribution in [2.45, 2.75) is 45.4 Å². The molecule has 1 aromatic carbocycles. The summed E-state index contributed by atoms with van der Waals surface area (Å²) in [5.41, 5.74) is 4.06. The van der Waals surface area contributed by atoms with Crippen molar-refractivity contribution in [2.24, 2.45) is 4.99 Å². The van der Waals surface area contributed by atoms with E-state index >= 15 is 0 Å². The molecule has 0 radical (unpaired) electrons. The van der Waals surface area contributed by atoms with Gasteiger partial charge in [0.1, 0.15) is 5.75 Å². The third kappa shape index (κ3) is 2.66. The third-order valence-electron chi connectivity index (χ3n) is 4.49. The summed E-state index contributed by atoms with van der Waals surface area (Å²) >= 11 is 0. The van der Waals surface area contributed by atoms with Gasteiger partial charge < -0.3 is 4.74 Å². The fourth-order valence-corrected chi connectivity index (χ4v) is 3.28. The molecule has 1 unspecified atom stereocenters. The van der Waals surface area contributed by atoms with Crippen LogP contribution in [0, 0.1) is 0 Å². The zero-order chi connectivity index (χ0) is 15.6. The van der Waals surface area contributed by atoms with Crippen LogP contribution in [0.15, 0.2) is 59.3 Å². The summed E-state index contributed by atoms with van der Waals surface area (Å²) in [5.74, 6) is 1.60. The largest absolute Gasteiger partial charge is 0.439 e. The minimum Gasteiger partial charge on any atom is -0.439 e. The number of benzene rings is 1. The first-order chi connectivity index (χ1) is 10.7. The second kappa shape index (κ2) is 5.96. The summed E-state index contributed by atoms with van der Waals surface area (Å²) in [6.07, 6.45) is 13.4. The van der Waals surface area contributed by atoms with Gasteiger partial charge in [0.15, 0.2) is 0 Å². The maximum Gasteiger partial charge on any atom is 0.218 e. The Morgan fingerprint density at radius 3 is 3.05 bits per heavy atom. The molecule has 1 aliphatic heterocycles. The highest BCUT2D eigenvalue weighted by Gasteiger charge is 2.38. The lowest BCUT2D eigenvalue weighted by Crippen LogP contribution is -2.25. The monoisotopic (exact) mass is 293 g/mol. The molecule has 1 aliphatic carbocycles. The van der Waals surface area contributed by atoms with Gasteiger partial charge in [-0.2, -0.15) is 0 Å². The molecule has 114 valence electrons. The van der Waals surface area contributed by atoms with Crippen molar-refractivity contribution < 1.29 is 4.74 Å². The van der Waals surface area contributed by atoms with Crippen molar-refractivity contribution >= 4 is 5.90 Å². The quantitative estimate of drug-likeness (QED) is 0.707. The Labute approximate surface area is 132 Å². The van der Waals surface area contributed by atoms with E-state index in [0.29, 0.717) is 5.90 Å². The van der Waals surface area contributed by atoms with Crippen LogP contribution in [0.25, 0.3) is 0 Å². The van der Waals surface area contributed by atoms with E-state index < -0.39 is 0 Å². The zero-order valence-electron chi connectivity index (χ0n) is 13.6. The van der Waals surface area contributed by atoms with Gasteiger partial charge in [-0.25, -0.2) is 4.99 Å². The number of hydrogen-bond donors (Lipinski definition) is 0. The van der Waals surface area contributed by atoms with Crippen LogP contribution in [0.1, 0.15) is 44.7 Å². The summed E-state index contributed by atoms with van der Waals surface area (Å²) in [5, 5.41) is 0. The lowest BCUT2D eigenvalue weighted by Gasteiger charge is -2.29. The van der Waals surface area contributed by atoms with Crippen molar-refractivity contribution in [3.05, 3.63) is 65.4 Å². The molecule has 1 heterocycles. The molecule has 0 fully saturated rings. The van der Waals surface area contributed by atoms with E-state index in [1.807, 2.05) is 12.3 Å². The van der Waals surface area contributed by atoms with Crippen LogP contribution >= 0.6 is 0 Å². The predicted molar refractivity (Wildman–Crippen MR) is 92.5 cm³/mol. The number of allylic oxidation sites excluding steroid dienone is 4. The predicted octanol–water partition coefficient (Wildman–Crippen LogP) is 5.11. The zero-order valence-corrected chi connectivity index (χ0v) is 13.6. The van der Waals surface area contributed by atoms with Gasteiger partial charge in [0.25, 0.3) is 0 Å². The molecule has 2 bridgehead atoms. The Morgan fingerprint density at radius 1 is 1.41 bits per heavy atom. The van der Waals surface area contributed by atoms with Crippen LogP contribution in [0.4, 0.5) is 0 Å². The molecule has 1 atom stereocenters. The molecule has 0 saturated carbocycles. The topological polar surface area (TPSA) is 21.6 Å². The number of fused-ring (bicyclic) bond motifs is 1. The van der Waals surface area contributed by atoms with Crippen LogP contribution in [-0.2, 0) is 11.8 Å². The van der Waals surface area contributed by atoms with Gasteiger partial charge in [-0.1, -0.05) is 42.9 Å². The lowest BCUT2D eigenvalue weighted by atomic mass is 9.76. The van der Waals surface area contributed by atoms with Crippen LogP contribution in [0.3, 0.4) is 0 Å². The number of aliphatic imine (C=N–C) groups is 1. The SMILES string of the molecule is C/C=C(\C)CC12\C=C/N=C(/C=C\CC)Oc3ccc(cc31)C2. The van der Waals surface area contributed by atoms with Crippen LogP contribution in [0.2, 0.25) is 0 Å². The summed E-state index contributed by atoms with van der Waals surface area (Å²) in [6, 6.07) is 6.55. The van der Waals surface area contributed by atoms with Gasteiger partial charge in [0, 0.05) is 17.2 Å². The fourth-order valence-electron chi connectivity index (χ4n) is 3.28. The van der Waals surface area contributed by atoms with Crippen molar-refractivity contribution in [3.8, 4) is 5.75 Å². The fraction of sp³-hybridized carbons (Fsp3) is 0.350. The Hall–Kier alpha value is -2.09. The van der Waals surface area contributed by atoms with Gasteiger partial charge >= 0.3 is 0 Å². The van der Waals surface area contributed by atoms with Gasteiger partial charge in [0.05, 0.1) is 0 Å². The average molecular weight is 293 g/mol. The minimum atomic E-state index is -0.00569. The Kier molecular flexibility index (Phi) is 4.02. The molecule has 0 aromatic heterocycles. The molecule has 22 heavy (non-hydrogen) atoms. The maximum atomic E-state index is 6.08. The van der Waals surface area contributed by atoms with Crippen molar-refractivity contribution in [1.29, 1.82) is 0 Å². The van der Waals surface area contributed by atoms with E-state index in [-0.39, 0.29) is 5.41 Å². The average Bonchev–Trinajstić information content (AvgIpc) is 2.76. The van der Waals surface area contributed by atoms with Crippen molar-refractivity contribution in [1.82, 2.24) is 0 Å². The summed E-state index contributed by atoms with van der Waals surface area (Å²) in [4.78, 5) is 4.49. The molecule has 0 amide bonds. The van der Waals surface area contributed by atoms with E-state index in [9.17, 15) is 0 Å². The number of hydrogen-bond acceptors (Lipinski definition) is 2. The van der Waals surface area contributed by atoms with Crippen molar-refractivity contribution in [2.75, 3.05) is 0 Å². The molecular formula is C20H23NO. The minimum absolute atomic E-state index is 0.00569. The molecule has 0 spiro atoms. The summed E-state index contributed by atoms with van der Waals surface area (Å²) < 4.78 is 6.08. The van der Waals surface area contributed by atoms with E-state index in [2.05, 4.69) is 62.2 Å². The second-order valence-electron chi connectivity index (χ2n) is 6.17. The van der Waals surface area contributed by atoms with Gasteiger partial charge in [-0.3, -0.25) is 0 Å². The van der Waals surface area contributed by atoms with E-state index in [0.717, 1.165) is 25.0 Å². The first kappa shape index (κ1) is 14.8. The summed E-state index contributed by atoms with van der Waals surface area (Å²) in [6.45, 7) is 6.41. The first-order valence-electron chi connectivity index (χ1n) is 8.02. The van der Waals surface area contributed by atoms with Gasteiger partial charge in [0.2, 0.25) is 5.90 Å². The van der Waals surface area contributed by atoms with Gasteiger partial charge in [-0.05, 0) is 50.8 Å². The van der Waals surface area contributed by atoms with E-state index in [1.165, 1.54) is 16.7 Å². The Bertz CT molecular complexity index is 694. The standard InChI is InChI=1S/C20H23NO/c1-4-6-7-19-21-11-10-20(13-15(3)5-2)14-16-8-9-18(22-19)17(20)12-16/h5-12H,4,13-14H2,1-3H3/b7-6-,11-10-,15-5+,21-19-. The highest BCUT2D eigenvalue weighted by molar-refractivity contribution is 5.90.